The fourth-order valence-electron chi connectivity index (χ4n) is 3.28. The van der Waals surface area contributed by atoms with Gasteiger partial charge in [-0.15, -0.1) is 0 Å². The van der Waals surface area contributed by atoms with E-state index < -0.39 is 0 Å². The fourth-order valence-corrected chi connectivity index (χ4v) is 3.28. The van der Waals surface area contributed by atoms with Gasteiger partial charge in [0.2, 0.25) is 0 Å². The summed E-state index contributed by atoms with van der Waals surface area (Å²) in [6.07, 6.45) is 2.44. The lowest BCUT2D eigenvalue weighted by Crippen LogP contribution is -2.39. The molecule has 3 N–H and O–H groups in total. The van der Waals surface area contributed by atoms with E-state index in [0.717, 1.165) is 24.8 Å². The maximum absolute atomic E-state index is 12.0. The van der Waals surface area contributed by atoms with E-state index in [-0.39, 0.29) is 18.2 Å². The molecule has 122 valence electrons. The van der Waals surface area contributed by atoms with E-state index in [1.54, 1.807) is 0 Å². The Hall–Kier alpha value is -2.07. The number of aliphatic hydroxyl groups is 1. The molecule has 4 nitrogen and oxygen atoms in total. The summed E-state index contributed by atoms with van der Waals surface area (Å²) in [6.45, 7) is 2.62. The van der Waals surface area contributed by atoms with Crippen molar-refractivity contribution >= 4 is 16.8 Å². The molecule has 2 aromatic carbocycles. The molecule has 2 amide bonds. The monoisotopic (exact) mass is 312 g/mol. The van der Waals surface area contributed by atoms with Gasteiger partial charge in [0.05, 0.1) is 12.1 Å². The zero-order valence-corrected chi connectivity index (χ0v) is 13.5. The third kappa shape index (κ3) is 4.02. The summed E-state index contributed by atoms with van der Waals surface area (Å²) in [5.41, 5.74) is 1.09. The lowest BCUT2D eigenvalue weighted by molar-refractivity contribution is 0.177. The molecule has 1 fully saturated rings. The van der Waals surface area contributed by atoms with E-state index in [4.69, 9.17) is 0 Å². The number of hydrogen-bond donors (Lipinski definition) is 3. The summed E-state index contributed by atoms with van der Waals surface area (Å²) in [5.74, 6) is 0.395. The predicted molar refractivity (Wildman–Crippen MR) is 92.2 cm³/mol. The largest absolute Gasteiger partial charge is 0.393 e. The Labute approximate surface area is 136 Å². The van der Waals surface area contributed by atoms with E-state index in [2.05, 4.69) is 41.0 Å². The van der Waals surface area contributed by atoms with Crippen LogP contribution in [0.25, 0.3) is 10.8 Å². The third-order valence-corrected chi connectivity index (χ3v) is 4.69. The minimum atomic E-state index is -0.193. The second-order valence-electron chi connectivity index (χ2n) is 6.52. The molecule has 1 aliphatic rings. The lowest BCUT2D eigenvalue weighted by Gasteiger charge is -2.17. The Bertz CT molecular complexity index is 686. The SMILES string of the molecule is C[C@H](NC(=O)NC[C@@H]1CC[C@@H](O)C1)c1ccc2ccccc2c1. The smallest absolute Gasteiger partial charge is 0.315 e. The molecule has 0 unspecified atom stereocenters. The molecule has 0 heterocycles. The van der Waals surface area contributed by atoms with Crippen LogP contribution >= 0.6 is 0 Å². The standard InChI is InChI=1S/C19H24N2O2/c1-13(16-8-7-15-4-2-3-5-17(15)11-16)21-19(23)20-12-14-6-9-18(22)10-14/h2-5,7-8,11,13-14,18,22H,6,9-10,12H2,1H3,(H2,20,21,23)/t13-,14+,18+/m0/s1. The highest BCUT2D eigenvalue weighted by molar-refractivity contribution is 5.83. The summed E-state index contributed by atoms with van der Waals surface area (Å²) >= 11 is 0. The van der Waals surface area contributed by atoms with Crippen LogP contribution in [0.4, 0.5) is 4.79 Å². The van der Waals surface area contributed by atoms with Gasteiger partial charge >= 0.3 is 6.03 Å². The Balaban J connectivity index is 1.54. The Morgan fingerprint density at radius 2 is 2.00 bits per heavy atom. The minimum absolute atomic E-state index is 0.0474. The van der Waals surface area contributed by atoms with Gasteiger partial charge in [0.15, 0.2) is 0 Å². The van der Waals surface area contributed by atoms with E-state index >= 15 is 0 Å². The zero-order valence-electron chi connectivity index (χ0n) is 13.5. The third-order valence-electron chi connectivity index (χ3n) is 4.69. The molecule has 0 aromatic heterocycles. The maximum Gasteiger partial charge on any atom is 0.315 e. The first-order valence-electron chi connectivity index (χ1n) is 8.33. The Kier molecular flexibility index (Phi) is 4.82. The second-order valence-corrected chi connectivity index (χ2v) is 6.52. The van der Waals surface area contributed by atoms with Gasteiger partial charge < -0.3 is 15.7 Å². The number of rotatable bonds is 4. The van der Waals surface area contributed by atoms with Crippen molar-refractivity contribution in [2.45, 2.75) is 38.3 Å². The van der Waals surface area contributed by atoms with Gasteiger partial charge in [0, 0.05) is 6.54 Å². The molecule has 1 aliphatic carbocycles. The minimum Gasteiger partial charge on any atom is -0.393 e. The van der Waals surface area contributed by atoms with Gasteiger partial charge in [-0.3, -0.25) is 0 Å². The van der Waals surface area contributed by atoms with Gasteiger partial charge in [-0.1, -0.05) is 36.4 Å². The summed E-state index contributed by atoms with van der Waals surface area (Å²) < 4.78 is 0. The summed E-state index contributed by atoms with van der Waals surface area (Å²) in [5, 5.41) is 17.8. The van der Waals surface area contributed by atoms with Crippen molar-refractivity contribution in [1.82, 2.24) is 10.6 Å². The molecule has 0 aliphatic heterocycles. The average Bonchev–Trinajstić information content (AvgIpc) is 2.98. The first kappa shape index (κ1) is 15.8. The predicted octanol–water partition coefficient (Wildman–Crippen LogP) is 3.36. The Morgan fingerprint density at radius 1 is 1.22 bits per heavy atom. The maximum atomic E-state index is 12.0. The van der Waals surface area contributed by atoms with Crippen LogP contribution in [0.5, 0.6) is 0 Å². The van der Waals surface area contributed by atoms with Crippen molar-refractivity contribution in [3.8, 4) is 0 Å². The fraction of sp³-hybridized carbons (Fsp3) is 0.421. The van der Waals surface area contributed by atoms with E-state index in [9.17, 15) is 9.90 Å². The number of nitrogens with one attached hydrogen (secondary N) is 2. The number of carbonyl (C=O) groups is 1. The van der Waals surface area contributed by atoms with Gasteiger partial charge in [-0.05, 0) is 54.5 Å². The Morgan fingerprint density at radius 3 is 2.74 bits per heavy atom. The molecule has 4 heteroatoms. The molecule has 23 heavy (non-hydrogen) atoms. The lowest BCUT2D eigenvalue weighted by atomic mass is 10.0. The first-order chi connectivity index (χ1) is 11.1. The van der Waals surface area contributed by atoms with Crippen LogP contribution in [0.1, 0.15) is 37.8 Å². The quantitative estimate of drug-likeness (QED) is 0.810. The van der Waals surface area contributed by atoms with Gasteiger partial charge in [0.25, 0.3) is 0 Å². The van der Waals surface area contributed by atoms with Crippen LogP contribution < -0.4 is 10.6 Å². The van der Waals surface area contributed by atoms with Crippen molar-refractivity contribution in [2.75, 3.05) is 6.54 Å². The number of fused-ring (bicyclic) bond motifs is 1. The van der Waals surface area contributed by atoms with Gasteiger partial charge in [-0.25, -0.2) is 4.79 Å². The van der Waals surface area contributed by atoms with Crippen LogP contribution in [0.15, 0.2) is 42.5 Å². The number of benzene rings is 2. The average molecular weight is 312 g/mol. The normalized spacial score (nSPS) is 22.0. The molecule has 0 radical (unpaired) electrons. The van der Waals surface area contributed by atoms with Crippen LogP contribution in [0, 0.1) is 5.92 Å². The molecule has 2 aromatic rings. The summed E-state index contributed by atoms with van der Waals surface area (Å²) in [7, 11) is 0. The van der Waals surface area contributed by atoms with E-state index in [1.165, 1.54) is 10.8 Å². The highest BCUT2D eigenvalue weighted by Crippen LogP contribution is 2.24. The van der Waals surface area contributed by atoms with Crippen molar-refractivity contribution in [3.63, 3.8) is 0 Å². The molecule has 3 rings (SSSR count). The number of hydrogen-bond acceptors (Lipinski definition) is 2. The molecule has 1 saturated carbocycles. The summed E-state index contributed by atoms with van der Waals surface area (Å²) in [4.78, 5) is 12.0. The van der Waals surface area contributed by atoms with Crippen LogP contribution in [0.3, 0.4) is 0 Å². The second kappa shape index (κ2) is 7.01. The molecule has 0 spiro atoms. The highest BCUT2D eigenvalue weighted by atomic mass is 16.3. The molecule has 0 saturated heterocycles. The number of amides is 2. The molecular weight excluding hydrogens is 288 g/mol. The van der Waals surface area contributed by atoms with Crippen LogP contribution in [-0.4, -0.2) is 23.8 Å². The van der Waals surface area contributed by atoms with E-state index in [1.807, 2.05) is 19.1 Å². The van der Waals surface area contributed by atoms with Crippen molar-refractivity contribution in [2.24, 2.45) is 5.92 Å². The van der Waals surface area contributed by atoms with Gasteiger partial charge in [0.1, 0.15) is 0 Å². The number of urea groups is 1. The van der Waals surface area contributed by atoms with Crippen molar-refractivity contribution < 1.29 is 9.90 Å². The number of aliphatic hydroxyl groups excluding tert-OH is 1. The summed E-state index contributed by atoms with van der Waals surface area (Å²) in [6, 6.07) is 14.3. The number of carbonyl (C=O) groups excluding carboxylic acids is 1. The topological polar surface area (TPSA) is 61.4 Å². The zero-order chi connectivity index (χ0) is 16.2. The van der Waals surface area contributed by atoms with Crippen molar-refractivity contribution in [3.05, 3.63) is 48.0 Å². The first-order valence-corrected chi connectivity index (χ1v) is 8.33. The molecule has 0 bridgehead atoms. The van der Waals surface area contributed by atoms with Gasteiger partial charge in [-0.2, -0.15) is 0 Å². The van der Waals surface area contributed by atoms with Crippen LogP contribution in [0.2, 0.25) is 0 Å². The molecule has 3 atom stereocenters. The molecular formula is C19H24N2O2. The van der Waals surface area contributed by atoms with Crippen molar-refractivity contribution in [1.29, 1.82) is 0 Å². The van der Waals surface area contributed by atoms with Crippen LogP contribution in [-0.2, 0) is 0 Å². The highest BCUT2D eigenvalue weighted by Gasteiger charge is 2.23. The van der Waals surface area contributed by atoms with E-state index in [0.29, 0.717) is 12.5 Å².